The van der Waals surface area contributed by atoms with Gasteiger partial charge in [-0.15, -0.1) is 0 Å². The van der Waals surface area contributed by atoms with E-state index in [1.807, 2.05) is 0 Å². The Balaban J connectivity index is 2.77. The predicted molar refractivity (Wildman–Crippen MR) is 24.5 cm³/mol. The molecule has 1 rings (SSSR count). The van der Waals surface area contributed by atoms with Gasteiger partial charge in [-0.05, 0) is 0 Å². The van der Waals surface area contributed by atoms with Gasteiger partial charge in [-0.3, -0.25) is 0 Å². The Hall–Kier alpha value is -0.405. The summed E-state index contributed by atoms with van der Waals surface area (Å²) in [5, 5.41) is 0. The quantitative estimate of drug-likeness (QED) is 0.345. The number of hydrogen-bond donors (Lipinski definition) is 0. The summed E-state index contributed by atoms with van der Waals surface area (Å²) < 4.78 is 0. The summed E-state index contributed by atoms with van der Waals surface area (Å²) in [4.78, 5) is 10.7. The zero-order chi connectivity index (χ0) is 4.24. The Morgan fingerprint density at radius 3 is 1.17 bits per heavy atom. The minimum atomic E-state index is 1.44. The summed E-state index contributed by atoms with van der Waals surface area (Å²) in [5.74, 6) is 0. The van der Waals surface area contributed by atoms with Crippen LogP contribution in [0.5, 0.6) is 0 Å². The fourth-order valence-corrected chi connectivity index (χ4v) is 0.205. The lowest BCUT2D eigenvalue weighted by Crippen LogP contribution is -1.83. The molecule has 0 bridgehead atoms. The van der Waals surface area contributed by atoms with Gasteiger partial charge in [0.25, 0.3) is 0 Å². The summed E-state index contributed by atoms with van der Waals surface area (Å²) in [6.07, 6.45) is 0. The van der Waals surface area contributed by atoms with Crippen LogP contribution < -0.4 is 0 Å². The van der Waals surface area contributed by atoms with E-state index in [9.17, 15) is 0 Å². The van der Waals surface area contributed by atoms with Crippen molar-refractivity contribution < 1.29 is 0 Å². The van der Waals surface area contributed by atoms with Crippen LogP contribution in [0.15, 0.2) is 14.4 Å². The van der Waals surface area contributed by atoms with Crippen molar-refractivity contribution in [1.29, 1.82) is 0 Å². The standard InChI is InChI=1S/B3N3/c1-4-2-6-3-5-1/q-3. The van der Waals surface area contributed by atoms with E-state index in [-0.39, 0.29) is 0 Å². The number of rotatable bonds is 0. The maximum absolute atomic E-state index is 3.56. The van der Waals surface area contributed by atoms with Gasteiger partial charge < -0.3 is 14.4 Å². The van der Waals surface area contributed by atoms with Crippen molar-refractivity contribution in [3.8, 4) is 0 Å². The number of nitrogens with zero attached hydrogens (tertiary/aromatic N) is 3. The molecule has 6 heteroatoms. The van der Waals surface area contributed by atoms with Crippen LogP contribution in [-0.2, 0) is 0 Å². The van der Waals surface area contributed by atoms with Crippen LogP contribution in [0.3, 0.4) is 0 Å². The topological polar surface area (TPSA) is 37.1 Å². The highest BCUT2D eigenvalue weighted by atomic mass is 14.8. The maximum Gasteiger partial charge on any atom is -0.210 e. The van der Waals surface area contributed by atoms with Crippen LogP contribution in [-0.4, -0.2) is 21.6 Å². The molecule has 0 fully saturated rings. The highest BCUT2D eigenvalue weighted by molar-refractivity contribution is 6.48. The molecular weight excluding hydrogens is 74.5 g/mol. The van der Waals surface area contributed by atoms with Crippen LogP contribution in [0, 0.1) is 0 Å². The molecule has 0 aliphatic carbocycles. The monoisotopic (exact) mass is 75.0 g/mol. The average molecular weight is 74.5 g/mol. The molecule has 0 saturated carbocycles. The smallest absolute Gasteiger partial charge is 0.210 e. The summed E-state index contributed by atoms with van der Waals surface area (Å²) in [5.41, 5.74) is 0. The Bertz CT molecular complexity index is 75.4. The lowest BCUT2D eigenvalue weighted by Gasteiger charge is -2.23. The van der Waals surface area contributed by atoms with Crippen molar-refractivity contribution in [3.05, 3.63) is 0 Å². The molecule has 0 saturated heterocycles. The molecule has 1 aliphatic heterocycles. The van der Waals surface area contributed by atoms with Gasteiger partial charge >= 0.3 is 0 Å². The van der Waals surface area contributed by atoms with Crippen LogP contribution in [0.1, 0.15) is 0 Å². The van der Waals surface area contributed by atoms with E-state index in [1.165, 1.54) is 21.6 Å². The van der Waals surface area contributed by atoms with Crippen LogP contribution in [0.4, 0.5) is 0 Å². The fourth-order valence-electron chi connectivity index (χ4n) is 0.205. The molecule has 1 heterocycles. The van der Waals surface area contributed by atoms with Crippen molar-refractivity contribution in [2.24, 2.45) is 14.4 Å². The molecule has 0 atom stereocenters. The molecule has 0 amide bonds. The van der Waals surface area contributed by atoms with Crippen molar-refractivity contribution in [2.75, 3.05) is 0 Å². The zero-order valence-electron chi connectivity index (χ0n) is 3.07. The summed E-state index contributed by atoms with van der Waals surface area (Å²) in [6.45, 7) is 0. The van der Waals surface area contributed by atoms with E-state index in [0.717, 1.165) is 0 Å². The van der Waals surface area contributed by atoms with Gasteiger partial charge in [0.2, 0.25) is 0 Å². The Morgan fingerprint density at radius 2 is 1.00 bits per heavy atom. The predicted octanol–water partition coefficient (Wildman–Crippen LogP) is -0.592. The third-order valence-electron chi connectivity index (χ3n) is 0.400. The maximum atomic E-state index is 3.56. The van der Waals surface area contributed by atoms with Gasteiger partial charge in [0.15, 0.2) is 0 Å². The summed E-state index contributed by atoms with van der Waals surface area (Å²) in [6, 6.07) is 0. The Morgan fingerprint density at radius 1 is 0.667 bits per heavy atom. The van der Waals surface area contributed by atoms with E-state index in [2.05, 4.69) is 14.4 Å². The Labute approximate surface area is 37.1 Å². The van der Waals surface area contributed by atoms with E-state index < -0.39 is 0 Å². The normalized spacial score (nSPS) is 16.0. The second-order valence-corrected chi connectivity index (χ2v) is 0.794. The lowest BCUT2D eigenvalue weighted by atomic mass is 10.1. The van der Waals surface area contributed by atoms with Crippen LogP contribution in [0.2, 0.25) is 0 Å². The molecule has 3 radical (unpaired) electrons. The molecule has 0 aromatic rings. The lowest BCUT2D eigenvalue weighted by molar-refractivity contribution is 1.71. The molecule has 0 N–H and O–H groups in total. The molecule has 0 unspecified atom stereocenters. The number of hydrogen-bond acceptors (Lipinski definition) is 3. The van der Waals surface area contributed by atoms with Gasteiger partial charge in [0, 0.05) is 0 Å². The van der Waals surface area contributed by atoms with E-state index in [0.29, 0.717) is 0 Å². The first-order chi connectivity index (χ1) is 3.00. The molecule has 0 aromatic carbocycles. The molecule has 1 aliphatic rings. The van der Waals surface area contributed by atoms with Gasteiger partial charge in [-0.2, -0.15) is 0 Å². The minimum Gasteiger partial charge on any atom is -0.790 e. The SMILES string of the molecule is [B-]1=N[B-]=N[B-]=N1. The fraction of sp³-hybridized carbons (Fsp3) is 0. The highest BCUT2D eigenvalue weighted by Gasteiger charge is 1.23. The van der Waals surface area contributed by atoms with Crippen molar-refractivity contribution >= 4 is 21.6 Å². The van der Waals surface area contributed by atoms with E-state index >= 15 is 0 Å². The molecule has 0 aromatic heterocycles. The van der Waals surface area contributed by atoms with E-state index in [4.69, 9.17) is 0 Å². The average Bonchev–Trinajstić information content (AvgIpc) is 1.72. The first-order valence-corrected chi connectivity index (χ1v) is 1.55. The van der Waals surface area contributed by atoms with Gasteiger partial charge in [-0.1, -0.05) is 0 Å². The first-order valence-electron chi connectivity index (χ1n) is 1.55. The van der Waals surface area contributed by atoms with Crippen molar-refractivity contribution in [2.45, 2.75) is 0 Å². The summed E-state index contributed by atoms with van der Waals surface area (Å²) >= 11 is 0. The third-order valence-corrected chi connectivity index (χ3v) is 0.400. The first kappa shape index (κ1) is 3.77. The molecule has 6 heavy (non-hydrogen) atoms. The molecular formula is B3N3-3. The molecule has 27 valence electrons. The third kappa shape index (κ3) is 0.773. The zero-order valence-corrected chi connectivity index (χ0v) is 3.07. The van der Waals surface area contributed by atoms with Gasteiger partial charge in [-0.25, -0.2) is 21.6 Å². The summed E-state index contributed by atoms with van der Waals surface area (Å²) in [7, 11) is 4.31. The van der Waals surface area contributed by atoms with E-state index in [1.54, 1.807) is 0 Å². The highest BCUT2D eigenvalue weighted by Crippen LogP contribution is 1.63. The van der Waals surface area contributed by atoms with Crippen LogP contribution >= 0.6 is 0 Å². The van der Waals surface area contributed by atoms with Crippen molar-refractivity contribution in [3.63, 3.8) is 0 Å². The second kappa shape index (κ2) is 1.90. The van der Waals surface area contributed by atoms with Gasteiger partial charge in [0.1, 0.15) is 0 Å². The van der Waals surface area contributed by atoms with Gasteiger partial charge in [0.05, 0.1) is 0 Å². The largest absolute Gasteiger partial charge is 0.790 e. The van der Waals surface area contributed by atoms with Crippen LogP contribution in [0.25, 0.3) is 0 Å². The van der Waals surface area contributed by atoms with Crippen molar-refractivity contribution in [1.82, 2.24) is 0 Å². The molecule has 0 spiro atoms. The second-order valence-electron chi connectivity index (χ2n) is 0.794. The minimum absolute atomic E-state index is 1.44. The molecule has 3 nitrogen and oxygen atoms in total. The Kier molecular flexibility index (Phi) is 1.19.